The van der Waals surface area contributed by atoms with E-state index in [1.807, 2.05) is 13.8 Å². The number of rotatable bonds is 6. The smallest absolute Gasteiger partial charge is 0.0602 e. The largest absolute Gasteiger partial charge is 0.393 e. The lowest BCUT2D eigenvalue weighted by molar-refractivity contribution is 0.0600. The summed E-state index contributed by atoms with van der Waals surface area (Å²) in [7, 11) is 0. The first-order valence-electron chi connectivity index (χ1n) is 12.7. The molecule has 3 rings (SSSR count). The Morgan fingerprint density at radius 1 is 1.13 bits per heavy atom. The maximum absolute atomic E-state index is 10.1. The monoisotopic (exact) mass is 430 g/mol. The summed E-state index contributed by atoms with van der Waals surface area (Å²) in [6.45, 7) is 11.0. The highest BCUT2D eigenvalue weighted by Crippen LogP contribution is 2.61. The van der Waals surface area contributed by atoms with Gasteiger partial charge >= 0.3 is 0 Å². The van der Waals surface area contributed by atoms with Crippen LogP contribution in [0.25, 0.3) is 0 Å². The number of hydrogen-bond acceptors (Lipinski definition) is 3. The van der Waals surface area contributed by atoms with Gasteiger partial charge in [0.15, 0.2) is 0 Å². The molecule has 0 unspecified atom stereocenters. The SMILES string of the molecule is C/C=C1\CC[C@]2(C)[C@@H]([C@H](C)CCCC(C)(C)O)CC[C@H]2\C1=C/C=C1C[C@@H](O)C[C@H](O)C1. The highest BCUT2D eigenvalue weighted by Gasteiger charge is 2.51. The van der Waals surface area contributed by atoms with Gasteiger partial charge in [0, 0.05) is 0 Å². The maximum Gasteiger partial charge on any atom is 0.0602 e. The summed E-state index contributed by atoms with van der Waals surface area (Å²) in [6, 6.07) is 0. The van der Waals surface area contributed by atoms with Crippen molar-refractivity contribution in [2.75, 3.05) is 0 Å². The normalized spacial score (nSPS) is 37.9. The Hall–Kier alpha value is -0.900. The molecule has 3 fully saturated rings. The van der Waals surface area contributed by atoms with Gasteiger partial charge in [0.25, 0.3) is 0 Å². The molecule has 0 spiro atoms. The molecule has 3 N–H and O–H groups in total. The van der Waals surface area contributed by atoms with Crippen molar-refractivity contribution >= 4 is 0 Å². The second kappa shape index (κ2) is 9.93. The van der Waals surface area contributed by atoms with Crippen LogP contribution in [0.3, 0.4) is 0 Å². The number of aliphatic hydroxyl groups is 3. The van der Waals surface area contributed by atoms with Gasteiger partial charge in [-0.1, -0.05) is 50.5 Å². The molecule has 0 aliphatic heterocycles. The van der Waals surface area contributed by atoms with Crippen LogP contribution in [-0.4, -0.2) is 33.1 Å². The molecular weight excluding hydrogens is 384 g/mol. The van der Waals surface area contributed by atoms with Crippen molar-refractivity contribution in [1.29, 1.82) is 0 Å². The van der Waals surface area contributed by atoms with Crippen LogP contribution < -0.4 is 0 Å². The highest BCUT2D eigenvalue weighted by atomic mass is 16.3. The molecule has 3 heteroatoms. The van der Waals surface area contributed by atoms with E-state index < -0.39 is 17.8 Å². The molecule has 0 aromatic rings. The molecule has 0 radical (unpaired) electrons. The molecule has 0 saturated heterocycles. The molecule has 0 aromatic carbocycles. The van der Waals surface area contributed by atoms with Crippen molar-refractivity contribution in [3.8, 4) is 0 Å². The van der Waals surface area contributed by atoms with Gasteiger partial charge in [-0.2, -0.15) is 0 Å². The van der Waals surface area contributed by atoms with Gasteiger partial charge in [-0.05, 0) is 106 Å². The van der Waals surface area contributed by atoms with E-state index in [9.17, 15) is 15.3 Å². The summed E-state index contributed by atoms with van der Waals surface area (Å²) >= 11 is 0. The molecular formula is C28H46O3. The highest BCUT2D eigenvalue weighted by molar-refractivity contribution is 5.41. The van der Waals surface area contributed by atoms with E-state index in [0.29, 0.717) is 36.5 Å². The van der Waals surface area contributed by atoms with Crippen molar-refractivity contribution in [3.05, 3.63) is 34.9 Å². The Kier molecular flexibility index (Phi) is 7.92. The van der Waals surface area contributed by atoms with E-state index in [2.05, 4.69) is 39.0 Å². The van der Waals surface area contributed by atoms with Gasteiger partial charge in [0.2, 0.25) is 0 Å². The van der Waals surface area contributed by atoms with Crippen molar-refractivity contribution in [3.63, 3.8) is 0 Å². The van der Waals surface area contributed by atoms with Crippen molar-refractivity contribution in [2.45, 2.75) is 117 Å². The first-order chi connectivity index (χ1) is 14.5. The second-order valence-electron chi connectivity index (χ2n) is 11.6. The first kappa shape index (κ1) is 24.7. The van der Waals surface area contributed by atoms with E-state index in [0.717, 1.165) is 25.2 Å². The summed E-state index contributed by atoms with van der Waals surface area (Å²) in [4.78, 5) is 0. The van der Waals surface area contributed by atoms with E-state index in [1.54, 1.807) is 0 Å². The fourth-order valence-electron chi connectivity index (χ4n) is 6.95. The molecule has 0 amide bonds. The molecule has 3 saturated carbocycles. The summed E-state index contributed by atoms with van der Waals surface area (Å²) in [6.07, 6.45) is 16.0. The average molecular weight is 431 g/mol. The minimum absolute atomic E-state index is 0.344. The fraction of sp³-hybridized carbons (Fsp3) is 0.786. The minimum atomic E-state index is -0.558. The molecule has 3 nitrogen and oxygen atoms in total. The Morgan fingerprint density at radius 3 is 2.42 bits per heavy atom. The van der Waals surface area contributed by atoms with Crippen LogP contribution in [-0.2, 0) is 0 Å². The summed E-state index contributed by atoms with van der Waals surface area (Å²) in [5.74, 6) is 2.03. The van der Waals surface area contributed by atoms with Crippen molar-refractivity contribution in [2.24, 2.45) is 23.2 Å². The number of hydrogen-bond donors (Lipinski definition) is 3. The lowest BCUT2D eigenvalue weighted by Gasteiger charge is -2.45. The Balaban J connectivity index is 1.76. The lowest BCUT2D eigenvalue weighted by Crippen LogP contribution is -2.36. The van der Waals surface area contributed by atoms with Gasteiger partial charge in [0.1, 0.15) is 0 Å². The molecule has 6 atom stereocenters. The third kappa shape index (κ3) is 5.92. The van der Waals surface area contributed by atoms with Gasteiger partial charge in [-0.25, -0.2) is 0 Å². The molecule has 3 aliphatic rings. The van der Waals surface area contributed by atoms with Crippen LogP contribution in [0.2, 0.25) is 0 Å². The first-order valence-corrected chi connectivity index (χ1v) is 12.7. The van der Waals surface area contributed by atoms with E-state index in [1.165, 1.54) is 42.4 Å². The van der Waals surface area contributed by atoms with Gasteiger partial charge in [-0.3, -0.25) is 0 Å². The summed E-state index contributed by atoms with van der Waals surface area (Å²) in [5, 5.41) is 30.2. The molecule has 0 heterocycles. The zero-order valence-corrected chi connectivity index (χ0v) is 20.5. The van der Waals surface area contributed by atoms with E-state index in [-0.39, 0.29) is 0 Å². The zero-order valence-electron chi connectivity index (χ0n) is 20.5. The summed E-state index contributed by atoms with van der Waals surface area (Å²) in [5.41, 5.74) is 3.96. The summed E-state index contributed by atoms with van der Waals surface area (Å²) < 4.78 is 0. The number of aliphatic hydroxyl groups excluding tert-OH is 2. The molecule has 3 aliphatic carbocycles. The number of allylic oxidation sites excluding steroid dienone is 5. The van der Waals surface area contributed by atoms with Crippen LogP contribution >= 0.6 is 0 Å². The topological polar surface area (TPSA) is 60.7 Å². The predicted molar refractivity (Wildman–Crippen MR) is 129 cm³/mol. The molecule has 31 heavy (non-hydrogen) atoms. The lowest BCUT2D eigenvalue weighted by atomic mass is 9.59. The van der Waals surface area contributed by atoms with Gasteiger partial charge in [0.05, 0.1) is 17.8 Å². The predicted octanol–water partition coefficient (Wildman–Crippen LogP) is 6.09. The van der Waals surface area contributed by atoms with Crippen LogP contribution in [0.4, 0.5) is 0 Å². The molecule has 176 valence electrons. The molecule has 0 bridgehead atoms. The van der Waals surface area contributed by atoms with Crippen LogP contribution in [0.1, 0.15) is 98.8 Å². The van der Waals surface area contributed by atoms with Gasteiger partial charge < -0.3 is 15.3 Å². The second-order valence-corrected chi connectivity index (χ2v) is 11.6. The van der Waals surface area contributed by atoms with E-state index in [4.69, 9.17) is 0 Å². The third-order valence-corrected chi connectivity index (χ3v) is 8.61. The minimum Gasteiger partial charge on any atom is -0.393 e. The van der Waals surface area contributed by atoms with Crippen LogP contribution in [0, 0.1) is 23.2 Å². The van der Waals surface area contributed by atoms with Crippen molar-refractivity contribution in [1.82, 2.24) is 0 Å². The molecule has 0 aromatic heterocycles. The maximum atomic E-state index is 10.1. The Morgan fingerprint density at radius 2 is 1.81 bits per heavy atom. The zero-order chi connectivity index (χ0) is 22.8. The van der Waals surface area contributed by atoms with Crippen molar-refractivity contribution < 1.29 is 15.3 Å². The van der Waals surface area contributed by atoms with Crippen LogP contribution in [0.15, 0.2) is 34.9 Å². The van der Waals surface area contributed by atoms with Gasteiger partial charge in [-0.15, -0.1) is 0 Å². The Labute approximate surface area is 190 Å². The fourth-order valence-corrected chi connectivity index (χ4v) is 6.95. The average Bonchev–Trinajstić information content (AvgIpc) is 3.01. The van der Waals surface area contributed by atoms with E-state index >= 15 is 0 Å². The Bertz CT molecular complexity index is 698. The van der Waals surface area contributed by atoms with Crippen LogP contribution in [0.5, 0.6) is 0 Å². The standard InChI is InChI=1S/C28H46O3/c1-6-21-13-15-28(5)25(19(2)8-7-14-27(3,4)31)11-12-26(28)24(21)10-9-20-16-22(29)18-23(30)17-20/h6,9-10,19,22-23,25-26,29-31H,7-8,11-18H2,1-5H3/b21-6+,24-10-/t19-,22-,23-,25-,26+,28-/m1/s1. The number of fused-ring (bicyclic) bond motifs is 1. The quantitative estimate of drug-likeness (QED) is 0.477. The third-order valence-electron chi connectivity index (χ3n) is 8.61.